The lowest BCUT2D eigenvalue weighted by atomic mass is 9.90. The van der Waals surface area contributed by atoms with Crippen LogP contribution in [0.1, 0.15) is 32.1 Å². The Morgan fingerprint density at radius 2 is 2.00 bits per heavy atom. The van der Waals surface area contributed by atoms with Gasteiger partial charge in [-0.15, -0.1) is 0 Å². The molecular formula is C16H23N3O2. The highest BCUT2D eigenvalue weighted by Gasteiger charge is 2.10. The van der Waals surface area contributed by atoms with Crippen LogP contribution in [0.2, 0.25) is 0 Å². The summed E-state index contributed by atoms with van der Waals surface area (Å²) in [7, 11) is 1.63. The van der Waals surface area contributed by atoms with Crippen LogP contribution in [0.5, 0.6) is 5.75 Å². The first-order valence-electron chi connectivity index (χ1n) is 7.48. The lowest BCUT2D eigenvalue weighted by molar-refractivity contribution is -0.119. The molecule has 1 aliphatic carbocycles. The number of carbonyl (C=O) groups excluding carboxylic acids is 1. The van der Waals surface area contributed by atoms with Gasteiger partial charge >= 0.3 is 0 Å². The summed E-state index contributed by atoms with van der Waals surface area (Å²) in [4.78, 5) is 11.7. The topological polar surface area (TPSA) is 62.7 Å². The highest BCUT2D eigenvalue weighted by molar-refractivity contribution is 5.81. The van der Waals surface area contributed by atoms with Crippen molar-refractivity contribution in [3.05, 3.63) is 24.3 Å². The predicted octanol–water partition coefficient (Wildman–Crippen LogP) is 2.79. The molecule has 0 aromatic heterocycles. The number of rotatable bonds is 6. The molecule has 2 N–H and O–H groups in total. The minimum Gasteiger partial charge on any atom is -0.497 e. The summed E-state index contributed by atoms with van der Waals surface area (Å²) < 4.78 is 5.08. The third kappa shape index (κ3) is 5.45. The Bertz CT molecular complexity index is 465. The van der Waals surface area contributed by atoms with Crippen LogP contribution in [-0.2, 0) is 4.79 Å². The summed E-state index contributed by atoms with van der Waals surface area (Å²) >= 11 is 0. The third-order valence-electron chi connectivity index (χ3n) is 3.67. The van der Waals surface area contributed by atoms with Gasteiger partial charge < -0.3 is 10.1 Å². The van der Waals surface area contributed by atoms with Gasteiger partial charge in [-0.25, -0.2) is 5.43 Å². The maximum Gasteiger partial charge on any atom is 0.259 e. The Labute approximate surface area is 125 Å². The summed E-state index contributed by atoms with van der Waals surface area (Å²) in [5, 5.41) is 7.09. The zero-order chi connectivity index (χ0) is 14.9. The second kappa shape index (κ2) is 8.29. The number of methoxy groups -OCH3 is 1. The smallest absolute Gasteiger partial charge is 0.259 e. The summed E-state index contributed by atoms with van der Waals surface area (Å²) in [5.74, 6) is 1.17. The maximum atomic E-state index is 11.7. The van der Waals surface area contributed by atoms with Crippen molar-refractivity contribution >= 4 is 17.8 Å². The molecule has 2 rings (SSSR count). The fourth-order valence-electron chi connectivity index (χ4n) is 2.43. The zero-order valence-corrected chi connectivity index (χ0v) is 12.5. The monoisotopic (exact) mass is 289 g/mol. The van der Waals surface area contributed by atoms with Gasteiger partial charge in [0.15, 0.2) is 0 Å². The van der Waals surface area contributed by atoms with Crippen LogP contribution in [0.15, 0.2) is 29.4 Å². The Morgan fingerprint density at radius 3 is 2.67 bits per heavy atom. The van der Waals surface area contributed by atoms with E-state index in [-0.39, 0.29) is 12.5 Å². The van der Waals surface area contributed by atoms with Gasteiger partial charge in [0.25, 0.3) is 5.91 Å². The first-order valence-corrected chi connectivity index (χ1v) is 7.48. The zero-order valence-electron chi connectivity index (χ0n) is 12.5. The minimum absolute atomic E-state index is 0.141. The number of amides is 1. The van der Waals surface area contributed by atoms with Crippen LogP contribution in [0, 0.1) is 5.92 Å². The molecule has 5 nitrogen and oxygen atoms in total. The number of nitrogens with one attached hydrogen (secondary N) is 2. The Balaban J connectivity index is 1.67. The second-order valence-electron chi connectivity index (χ2n) is 5.29. The van der Waals surface area contributed by atoms with Crippen molar-refractivity contribution in [1.82, 2.24) is 5.43 Å². The fourth-order valence-corrected chi connectivity index (χ4v) is 2.43. The van der Waals surface area contributed by atoms with Crippen LogP contribution >= 0.6 is 0 Å². The molecule has 0 heterocycles. The lowest BCUT2D eigenvalue weighted by Crippen LogP contribution is -2.26. The normalized spacial score (nSPS) is 15.9. The first-order chi connectivity index (χ1) is 10.3. The summed E-state index contributed by atoms with van der Waals surface area (Å²) in [6.45, 7) is 0.203. The highest BCUT2D eigenvalue weighted by atomic mass is 16.5. The van der Waals surface area contributed by atoms with E-state index in [9.17, 15) is 4.79 Å². The van der Waals surface area contributed by atoms with E-state index >= 15 is 0 Å². The van der Waals surface area contributed by atoms with E-state index in [1.54, 1.807) is 7.11 Å². The van der Waals surface area contributed by atoms with E-state index in [2.05, 4.69) is 15.8 Å². The number of hydrogen-bond acceptors (Lipinski definition) is 4. The van der Waals surface area contributed by atoms with E-state index in [1.807, 2.05) is 30.5 Å². The molecular weight excluding hydrogens is 266 g/mol. The Morgan fingerprint density at radius 1 is 1.29 bits per heavy atom. The number of ether oxygens (including phenoxy) is 1. The van der Waals surface area contributed by atoms with Crippen molar-refractivity contribution in [2.75, 3.05) is 19.0 Å². The van der Waals surface area contributed by atoms with E-state index < -0.39 is 0 Å². The molecule has 114 valence electrons. The largest absolute Gasteiger partial charge is 0.497 e. The molecule has 1 aliphatic rings. The van der Waals surface area contributed by atoms with Crippen molar-refractivity contribution in [3.63, 3.8) is 0 Å². The van der Waals surface area contributed by atoms with Crippen LogP contribution in [0.3, 0.4) is 0 Å². The Kier molecular flexibility index (Phi) is 6.06. The van der Waals surface area contributed by atoms with Gasteiger partial charge in [0.05, 0.1) is 13.7 Å². The maximum absolute atomic E-state index is 11.7. The molecule has 0 unspecified atom stereocenters. The van der Waals surface area contributed by atoms with Crippen molar-refractivity contribution in [2.24, 2.45) is 11.0 Å². The first kappa shape index (κ1) is 15.4. The number of nitrogens with zero attached hydrogens (tertiary/aromatic N) is 1. The van der Waals surface area contributed by atoms with Gasteiger partial charge in [0.2, 0.25) is 0 Å². The predicted molar refractivity (Wildman–Crippen MR) is 84.7 cm³/mol. The van der Waals surface area contributed by atoms with E-state index in [0.717, 1.165) is 11.4 Å². The number of carbonyl (C=O) groups is 1. The van der Waals surface area contributed by atoms with Crippen molar-refractivity contribution in [2.45, 2.75) is 32.1 Å². The number of hydrazone groups is 1. The summed E-state index contributed by atoms with van der Waals surface area (Å²) in [5.41, 5.74) is 3.44. The van der Waals surface area contributed by atoms with Gasteiger partial charge in [-0.2, -0.15) is 5.10 Å². The minimum atomic E-state index is -0.141. The van der Waals surface area contributed by atoms with E-state index in [1.165, 1.54) is 32.1 Å². The highest BCUT2D eigenvalue weighted by Crippen LogP contribution is 2.21. The number of hydrogen-bond donors (Lipinski definition) is 2. The fraction of sp³-hybridized carbons (Fsp3) is 0.500. The van der Waals surface area contributed by atoms with Gasteiger partial charge in [-0.1, -0.05) is 19.3 Å². The van der Waals surface area contributed by atoms with Gasteiger partial charge in [0, 0.05) is 11.9 Å². The summed E-state index contributed by atoms with van der Waals surface area (Å²) in [6.07, 6.45) is 8.10. The van der Waals surface area contributed by atoms with Crippen LogP contribution in [-0.4, -0.2) is 25.8 Å². The molecule has 21 heavy (non-hydrogen) atoms. The quantitative estimate of drug-likeness (QED) is 0.625. The van der Waals surface area contributed by atoms with Crippen LogP contribution in [0.4, 0.5) is 5.69 Å². The molecule has 1 fully saturated rings. The van der Waals surface area contributed by atoms with Gasteiger partial charge in [-0.05, 0) is 43.0 Å². The van der Waals surface area contributed by atoms with Crippen LogP contribution in [0.25, 0.3) is 0 Å². The number of benzene rings is 1. The molecule has 0 atom stereocenters. The average molecular weight is 289 g/mol. The molecule has 0 radical (unpaired) electrons. The molecule has 0 bridgehead atoms. The average Bonchev–Trinajstić information content (AvgIpc) is 2.54. The molecule has 0 saturated heterocycles. The molecule has 0 spiro atoms. The Hall–Kier alpha value is -2.04. The van der Waals surface area contributed by atoms with Crippen LogP contribution < -0.4 is 15.5 Å². The van der Waals surface area contributed by atoms with Gasteiger partial charge in [-0.3, -0.25) is 4.79 Å². The third-order valence-corrected chi connectivity index (χ3v) is 3.67. The van der Waals surface area contributed by atoms with Crippen molar-refractivity contribution < 1.29 is 9.53 Å². The molecule has 0 aliphatic heterocycles. The molecule has 1 saturated carbocycles. The van der Waals surface area contributed by atoms with Crippen molar-refractivity contribution in [3.8, 4) is 5.75 Å². The SMILES string of the molecule is COc1ccc(NCC(=O)N/N=C\C2CCCCC2)cc1. The van der Waals surface area contributed by atoms with E-state index in [0.29, 0.717) is 5.92 Å². The molecule has 1 amide bonds. The van der Waals surface area contributed by atoms with Crippen molar-refractivity contribution in [1.29, 1.82) is 0 Å². The molecule has 1 aromatic rings. The van der Waals surface area contributed by atoms with Gasteiger partial charge in [0.1, 0.15) is 5.75 Å². The number of anilines is 1. The second-order valence-corrected chi connectivity index (χ2v) is 5.29. The lowest BCUT2D eigenvalue weighted by Gasteiger charge is -2.16. The molecule has 1 aromatic carbocycles. The van der Waals surface area contributed by atoms with E-state index in [4.69, 9.17) is 4.74 Å². The standard InChI is InChI=1S/C16H23N3O2/c1-21-15-9-7-14(8-10-15)17-12-16(20)19-18-11-13-5-3-2-4-6-13/h7-11,13,17H,2-6,12H2,1H3,(H,19,20)/b18-11-. The summed E-state index contributed by atoms with van der Waals surface area (Å²) in [6, 6.07) is 7.44. The molecule has 5 heteroatoms.